The van der Waals surface area contributed by atoms with Crippen LogP contribution in [-0.2, 0) is 6.54 Å². The van der Waals surface area contributed by atoms with Crippen molar-refractivity contribution < 1.29 is 5.11 Å². The second-order valence-corrected chi connectivity index (χ2v) is 5.97. The molecule has 0 amide bonds. The lowest BCUT2D eigenvalue weighted by Gasteiger charge is -2.36. The molecule has 1 unspecified atom stereocenters. The first kappa shape index (κ1) is 15.7. The lowest BCUT2D eigenvalue weighted by Crippen LogP contribution is -2.46. The predicted molar refractivity (Wildman–Crippen MR) is 78.1 cm³/mol. The standard InChI is InChI=1S/C12H21N3OS.ClH/c1-2-4-12(9-16)5-3-6-15(12)8-10-7-14-11(13)17-10;/h7,16H,2-6,8-9H2,1H3,(H2,13,14);1H. The Kier molecular flexibility index (Phi) is 5.85. The Morgan fingerprint density at radius 2 is 2.39 bits per heavy atom. The summed E-state index contributed by atoms with van der Waals surface area (Å²) < 4.78 is 0. The van der Waals surface area contributed by atoms with E-state index in [9.17, 15) is 5.11 Å². The van der Waals surface area contributed by atoms with Gasteiger partial charge in [0.15, 0.2) is 5.13 Å². The number of nitrogens with two attached hydrogens (primary N) is 1. The van der Waals surface area contributed by atoms with Crippen molar-refractivity contribution in [2.45, 2.75) is 44.7 Å². The van der Waals surface area contributed by atoms with Crippen LogP contribution in [0.1, 0.15) is 37.5 Å². The first-order valence-electron chi connectivity index (χ1n) is 6.26. The van der Waals surface area contributed by atoms with E-state index in [0.29, 0.717) is 5.13 Å². The van der Waals surface area contributed by atoms with Crippen molar-refractivity contribution in [2.75, 3.05) is 18.9 Å². The monoisotopic (exact) mass is 291 g/mol. The molecule has 4 nitrogen and oxygen atoms in total. The topological polar surface area (TPSA) is 62.4 Å². The first-order valence-corrected chi connectivity index (χ1v) is 7.08. The summed E-state index contributed by atoms with van der Waals surface area (Å²) in [6.07, 6.45) is 6.31. The van der Waals surface area contributed by atoms with Gasteiger partial charge in [-0.1, -0.05) is 13.3 Å². The van der Waals surface area contributed by atoms with Gasteiger partial charge in [-0.3, -0.25) is 4.90 Å². The van der Waals surface area contributed by atoms with E-state index < -0.39 is 0 Å². The number of halogens is 1. The van der Waals surface area contributed by atoms with Gasteiger partial charge >= 0.3 is 0 Å². The van der Waals surface area contributed by atoms with Crippen LogP contribution < -0.4 is 5.73 Å². The smallest absolute Gasteiger partial charge is 0.180 e. The highest BCUT2D eigenvalue weighted by Gasteiger charge is 2.39. The summed E-state index contributed by atoms with van der Waals surface area (Å²) in [6, 6.07) is 0. The Bertz CT molecular complexity index is 374. The maximum absolute atomic E-state index is 9.72. The molecule has 1 atom stereocenters. The Labute approximate surface area is 119 Å². The number of aliphatic hydroxyl groups excluding tert-OH is 1. The third-order valence-electron chi connectivity index (χ3n) is 3.67. The molecule has 6 heteroatoms. The molecule has 1 aromatic rings. The number of hydrogen-bond donors (Lipinski definition) is 2. The van der Waals surface area contributed by atoms with E-state index in [2.05, 4.69) is 16.8 Å². The SMILES string of the molecule is CCCC1(CO)CCCN1Cc1cnc(N)s1.Cl. The van der Waals surface area contributed by atoms with Crippen LogP contribution in [0.4, 0.5) is 5.13 Å². The summed E-state index contributed by atoms with van der Waals surface area (Å²) in [5.41, 5.74) is 5.64. The summed E-state index contributed by atoms with van der Waals surface area (Å²) in [5.74, 6) is 0. The van der Waals surface area contributed by atoms with Gasteiger partial charge in [0.05, 0.1) is 6.61 Å². The van der Waals surface area contributed by atoms with Crippen LogP contribution in [0.5, 0.6) is 0 Å². The number of rotatable bonds is 5. The molecule has 2 rings (SSSR count). The summed E-state index contributed by atoms with van der Waals surface area (Å²) in [5, 5.41) is 10.4. The second-order valence-electron chi connectivity index (χ2n) is 4.82. The molecule has 104 valence electrons. The molecule has 0 spiro atoms. The van der Waals surface area contributed by atoms with Gasteiger partial charge in [0.1, 0.15) is 0 Å². The predicted octanol–water partition coefficient (Wildman–Crippen LogP) is 2.27. The molecule has 0 aromatic carbocycles. The van der Waals surface area contributed by atoms with Crippen molar-refractivity contribution in [3.05, 3.63) is 11.1 Å². The summed E-state index contributed by atoms with van der Waals surface area (Å²) in [6.45, 7) is 4.38. The minimum Gasteiger partial charge on any atom is -0.394 e. The lowest BCUT2D eigenvalue weighted by molar-refractivity contribution is 0.0509. The van der Waals surface area contributed by atoms with E-state index in [1.807, 2.05) is 6.20 Å². The number of nitrogen functional groups attached to an aromatic ring is 1. The van der Waals surface area contributed by atoms with E-state index in [-0.39, 0.29) is 24.6 Å². The van der Waals surface area contributed by atoms with Gasteiger partial charge in [0, 0.05) is 23.2 Å². The fraction of sp³-hybridized carbons (Fsp3) is 0.750. The van der Waals surface area contributed by atoms with Crippen LogP contribution in [-0.4, -0.2) is 33.7 Å². The van der Waals surface area contributed by atoms with Gasteiger partial charge in [-0.2, -0.15) is 0 Å². The van der Waals surface area contributed by atoms with Gasteiger partial charge < -0.3 is 10.8 Å². The number of likely N-dealkylation sites (tertiary alicyclic amines) is 1. The third-order valence-corrected chi connectivity index (χ3v) is 4.48. The highest BCUT2D eigenvalue weighted by Crippen LogP contribution is 2.35. The van der Waals surface area contributed by atoms with Crippen LogP contribution >= 0.6 is 23.7 Å². The van der Waals surface area contributed by atoms with Crippen LogP contribution in [0.2, 0.25) is 0 Å². The molecule has 3 N–H and O–H groups in total. The van der Waals surface area contributed by atoms with Crippen molar-refractivity contribution in [3.8, 4) is 0 Å². The van der Waals surface area contributed by atoms with E-state index in [1.165, 1.54) is 11.3 Å². The molecule has 1 fully saturated rings. The molecular formula is C12H22ClN3OS. The fourth-order valence-electron chi connectivity index (χ4n) is 2.83. The number of hydrogen-bond acceptors (Lipinski definition) is 5. The Morgan fingerprint density at radius 1 is 1.61 bits per heavy atom. The maximum atomic E-state index is 9.72. The van der Waals surface area contributed by atoms with E-state index in [0.717, 1.165) is 32.4 Å². The zero-order valence-electron chi connectivity index (χ0n) is 10.8. The van der Waals surface area contributed by atoms with Crippen LogP contribution in [0.15, 0.2) is 6.20 Å². The van der Waals surface area contributed by atoms with Gasteiger partial charge in [-0.05, 0) is 25.8 Å². The number of thiazole rings is 1. The highest BCUT2D eigenvalue weighted by molar-refractivity contribution is 7.15. The van der Waals surface area contributed by atoms with E-state index in [1.54, 1.807) is 11.3 Å². The molecule has 1 aliphatic rings. The average Bonchev–Trinajstić information content (AvgIpc) is 2.88. The summed E-state index contributed by atoms with van der Waals surface area (Å²) in [7, 11) is 0. The molecule has 1 aromatic heterocycles. The molecule has 18 heavy (non-hydrogen) atoms. The highest BCUT2D eigenvalue weighted by atomic mass is 35.5. The van der Waals surface area contributed by atoms with Gasteiger partial charge in [0.25, 0.3) is 0 Å². The normalized spacial score (nSPS) is 24.1. The van der Waals surface area contributed by atoms with Gasteiger partial charge in [0.2, 0.25) is 0 Å². The largest absolute Gasteiger partial charge is 0.394 e. The lowest BCUT2D eigenvalue weighted by atomic mass is 9.91. The molecule has 1 saturated heterocycles. The van der Waals surface area contributed by atoms with Crippen molar-refractivity contribution >= 4 is 28.9 Å². The first-order chi connectivity index (χ1) is 8.20. The molecule has 0 aliphatic carbocycles. The fourth-order valence-corrected chi connectivity index (χ4v) is 3.53. The van der Waals surface area contributed by atoms with Crippen LogP contribution in [0.25, 0.3) is 0 Å². The zero-order chi connectivity index (χ0) is 12.3. The minimum absolute atomic E-state index is 0. The molecule has 0 saturated carbocycles. The second kappa shape index (κ2) is 6.70. The van der Waals surface area contributed by atoms with E-state index >= 15 is 0 Å². The van der Waals surface area contributed by atoms with Crippen molar-refractivity contribution in [2.24, 2.45) is 0 Å². The molecular weight excluding hydrogens is 270 g/mol. The number of aliphatic hydroxyl groups is 1. The Balaban J connectivity index is 0.00000162. The van der Waals surface area contributed by atoms with Crippen LogP contribution in [0, 0.1) is 0 Å². The summed E-state index contributed by atoms with van der Waals surface area (Å²) >= 11 is 1.55. The quantitative estimate of drug-likeness (QED) is 0.874. The van der Waals surface area contributed by atoms with E-state index in [4.69, 9.17) is 5.73 Å². The molecule has 2 heterocycles. The Hall–Kier alpha value is -0.360. The molecule has 0 bridgehead atoms. The van der Waals surface area contributed by atoms with Crippen molar-refractivity contribution in [1.29, 1.82) is 0 Å². The van der Waals surface area contributed by atoms with Gasteiger partial charge in [-0.25, -0.2) is 4.98 Å². The number of aromatic nitrogens is 1. The van der Waals surface area contributed by atoms with Crippen LogP contribution in [0.3, 0.4) is 0 Å². The number of anilines is 1. The third kappa shape index (κ3) is 3.15. The summed E-state index contributed by atoms with van der Waals surface area (Å²) in [4.78, 5) is 7.68. The molecule has 0 radical (unpaired) electrons. The molecule has 1 aliphatic heterocycles. The Morgan fingerprint density at radius 3 is 2.94 bits per heavy atom. The zero-order valence-corrected chi connectivity index (χ0v) is 12.4. The minimum atomic E-state index is -0.00645. The number of nitrogens with zero attached hydrogens (tertiary/aromatic N) is 2. The van der Waals surface area contributed by atoms with Crippen molar-refractivity contribution in [1.82, 2.24) is 9.88 Å². The van der Waals surface area contributed by atoms with Gasteiger partial charge in [-0.15, -0.1) is 23.7 Å². The maximum Gasteiger partial charge on any atom is 0.180 e. The van der Waals surface area contributed by atoms with Crippen molar-refractivity contribution in [3.63, 3.8) is 0 Å². The average molecular weight is 292 g/mol.